The Bertz CT molecular complexity index is 186. The number of rotatable bonds is 2. The van der Waals surface area contributed by atoms with Crippen molar-refractivity contribution in [2.24, 2.45) is 0 Å². The molecule has 0 radical (unpaired) electrons. The number of aliphatic hydroxyl groups excluding tert-OH is 1. The van der Waals surface area contributed by atoms with Crippen molar-refractivity contribution in [3.8, 4) is 0 Å². The molecule has 0 amide bonds. The Morgan fingerprint density at radius 2 is 2.21 bits per heavy atom. The summed E-state index contributed by atoms with van der Waals surface area (Å²) in [7, 11) is 0. The number of hydrogen-bond donors (Lipinski definition) is 1. The monoisotopic (exact) mass is 199 g/mol. The summed E-state index contributed by atoms with van der Waals surface area (Å²) in [5.74, 6) is 0. The van der Waals surface area contributed by atoms with Crippen molar-refractivity contribution in [3.63, 3.8) is 0 Å². The molecule has 2 saturated heterocycles. The standard InChI is InChI=1S/C11H21NO2/c1-2-9-5-3-4-6-12(9)10-7-14-8-11(10)13/h9-11,13H,2-8H2,1H3. The van der Waals surface area contributed by atoms with E-state index in [1.54, 1.807) is 0 Å². The molecule has 0 aromatic carbocycles. The molecule has 3 atom stereocenters. The topological polar surface area (TPSA) is 32.7 Å². The quantitative estimate of drug-likeness (QED) is 0.720. The number of likely N-dealkylation sites (tertiary alicyclic amines) is 1. The molecule has 0 bridgehead atoms. The highest BCUT2D eigenvalue weighted by Crippen LogP contribution is 2.25. The van der Waals surface area contributed by atoms with E-state index in [2.05, 4.69) is 11.8 Å². The van der Waals surface area contributed by atoms with E-state index in [4.69, 9.17) is 4.74 Å². The molecule has 2 heterocycles. The van der Waals surface area contributed by atoms with Crippen LogP contribution in [0.25, 0.3) is 0 Å². The first kappa shape index (κ1) is 10.4. The third kappa shape index (κ3) is 1.95. The lowest BCUT2D eigenvalue weighted by molar-refractivity contribution is 0.0329. The molecule has 2 fully saturated rings. The van der Waals surface area contributed by atoms with E-state index in [1.807, 2.05) is 0 Å². The average molecular weight is 199 g/mol. The van der Waals surface area contributed by atoms with E-state index in [0.29, 0.717) is 12.6 Å². The maximum Gasteiger partial charge on any atom is 0.0950 e. The molecule has 3 nitrogen and oxygen atoms in total. The van der Waals surface area contributed by atoms with Crippen LogP contribution >= 0.6 is 0 Å². The normalized spacial score (nSPS) is 40.3. The van der Waals surface area contributed by atoms with Gasteiger partial charge in [0.1, 0.15) is 0 Å². The van der Waals surface area contributed by atoms with Gasteiger partial charge in [-0.25, -0.2) is 0 Å². The molecule has 2 aliphatic rings. The van der Waals surface area contributed by atoms with E-state index in [0.717, 1.165) is 13.2 Å². The van der Waals surface area contributed by atoms with E-state index in [9.17, 15) is 5.11 Å². The predicted octanol–water partition coefficient (Wildman–Crippen LogP) is 1.01. The van der Waals surface area contributed by atoms with Crippen LogP contribution in [-0.4, -0.2) is 48.0 Å². The van der Waals surface area contributed by atoms with Crippen LogP contribution in [0.1, 0.15) is 32.6 Å². The molecule has 0 aromatic heterocycles. The van der Waals surface area contributed by atoms with Crippen molar-refractivity contribution in [2.45, 2.75) is 50.8 Å². The highest BCUT2D eigenvalue weighted by molar-refractivity contribution is 4.89. The van der Waals surface area contributed by atoms with Crippen LogP contribution in [0, 0.1) is 0 Å². The van der Waals surface area contributed by atoms with Crippen LogP contribution in [0.2, 0.25) is 0 Å². The molecule has 0 spiro atoms. The van der Waals surface area contributed by atoms with Gasteiger partial charge >= 0.3 is 0 Å². The van der Waals surface area contributed by atoms with Crippen molar-refractivity contribution < 1.29 is 9.84 Å². The number of ether oxygens (including phenoxy) is 1. The average Bonchev–Trinajstić information content (AvgIpc) is 2.64. The van der Waals surface area contributed by atoms with E-state index >= 15 is 0 Å². The Balaban J connectivity index is 1.99. The van der Waals surface area contributed by atoms with Crippen molar-refractivity contribution >= 4 is 0 Å². The Morgan fingerprint density at radius 1 is 1.36 bits per heavy atom. The fourth-order valence-corrected chi connectivity index (χ4v) is 2.75. The molecule has 14 heavy (non-hydrogen) atoms. The third-order valence-electron chi connectivity index (χ3n) is 3.59. The Kier molecular flexibility index (Phi) is 3.42. The summed E-state index contributed by atoms with van der Waals surface area (Å²) >= 11 is 0. The highest BCUT2D eigenvalue weighted by Gasteiger charge is 2.35. The van der Waals surface area contributed by atoms with Crippen LogP contribution in [0.5, 0.6) is 0 Å². The zero-order valence-corrected chi connectivity index (χ0v) is 8.98. The molecule has 3 heteroatoms. The number of hydrogen-bond acceptors (Lipinski definition) is 3. The largest absolute Gasteiger partial charge is 0.389 e. The first-order valence-electron chi connectivity index (χ1n) is 5.84. The first-order valence-corrected chi connectivity index (χ1v) is 5.84. The van der Waals surface area contributed by atoms with Gasteiger partial charge in [-0.15, -0.1) is 0 Å². The summed E-state index contributed by atoms with van der Waals surface area (Å²) < 4.78 is 5.32. The molecule has 0 saturated carbocycles. The summed E-state index contributed by atoms with van der Waals surface area (Å²) in [6.07, 6.45) is 4.85. The Morgan fingerprint density at radius 3 is 2.86 bits per heavy atom. The second-order valence-electron chi connectivity index (χ2n) is 4.47. The maximum atomic E-state index is 9.79. The molecule has 82 valence electrons. The van der Waals surface area contributed by atoms with Gasteiger partial charge in [-0.2, -0.15) is 0 Å². The van der Waals surface area contributed by atoms with Crippen LogP contribution < -0.4 is 0 Å². The van der Waals surface area contributed by atoms with E-state index in [-0.39, 0.29) is 12.1 Å². The van der Waals surface area contributed by atoms with Crippen molar-refractivity contribution in [1.29, 1.82) is 0 Å². The molecule has 3 unspecified atom stereocenters. The van der Waals surface area contributed by atoms with Gasteiger partial charge in [-0.1, -0.05) is 13.3 Å². The van der Waals surface area contributed by atoms with Gasteiger partial charge in [0.05, 0.1) is 25.4 Å². The minimum absolute atomic E-state index is 0.262. The van der Waals surface area contributed by atoms with Gasteiger partial charge in [0.25, 0.3) is 0 Å². The summed E-state index contributed by atoms with van der Waals surface area (Å²) in [5, 5.41) is 9.79. The predicted molar refractivity (Wildman–Crippen MR) is 55.2 cm³/mol. The zero-order chi connectivity index (χ0) is 9.97. The van der Waals surface area contributed by atoms with Gasteiger partial charge in [-0.05, 0) is 25.8 Å². The molecular weight excluding hydrogens is 178 g/mol. The van der Waals surface area contributed by atoms with Gasteiger partial charge in [0.2, 0.25) is 0 Å². The number of piperidine rings is 1. The van der Waals surface area contributed by atoms with Crippen molar-refractivity contribution in [2.75, 3.05) is 19.8 Å². The summed E-state index contributed by atoms with van der Waals surface area (Å²) in [6, 6.07) is 0.936. The van der Waals surface area contributed by atoms with Gasteiger partial charge in [0, 0.05) is 6.04 Å². The number of nitrogens with zero attached hydrogens (tertiary/aromatic N) is 1. The second kappa shape index (κ2) is 4.60. The maximum absolute atomic E-state index is 9.79. The molecule has 2 rings (SSSR count). The lowest BCUT2D eigenvalue weighted by Crippen LogP contribution is -2.50. The van der Waals surface area contributed by atoms with E-state index in [1.165, 1.54) is 25.7 Å². The smallest absolute Gasteiger partial charge is 0.0950 e. The van der Waals surface area contributed by atoms with Crippen LogP contribution in [-0.2, 0) is 4.74 Å². The Labute approximate surface area is 86.0 Å². The molecule has 0 aromatic rings. The fourth-order valence-electron chi connectivity index (χ4n) is 2.75. The molecule has 1 N–H and O–H groups in total. The van der Waals surface area contributed by atoms with E-state index < -0.39 is 0 Å². The SMILES string of the molecule is CCC1CCCCN1C1COCC1O. The summed E-state index contributed by atoms with van der Waals surface area (Å²) in [5.41, 5.74) is 0. The van der Waals surface area contributed by atoms with Crippen molar-refractivity contribution in [3.05, 3.63) is 0 Å². The number of aliphatic hydroxyl groups is 1. The molecule has 0 aliphatic carbocycles. The highest BCUT2D eigenvalue weighted by atomic mass is 16.5. The third-order valence-corrected chi connectivity index (χ3v) is 3.59. The summed E-state index contributed by atoms with van der Waals surface area (Å²) in [4.78, 5) is 2.47. The lowest BCUT2D eigenvalue weighted by Gasteiger charge is -2.39. The second-order valence-corrected chi connectivity index (χ2v) is 4.47. The minimum atomic E-state index is -0.262. The Hall–Kier alpha value is -0.120. The molecular formula is C11H21NO2. The first-order chi connectivity index (χ1) is 6.83. The van der Waals surface area contributed by atoms with Gasteiger partial charge in [0.15, 0.2) is 0 Å². The summed E-state index contributed by atoms with van der Waals surface area (Å²) in [6.45, 7) is 4.63. The lowest BCUT2D eigenvalue weighted by atomic mass is 9.97. The molecule has 2 aliphatic heterocycles. The minimum Gasteiger partial charge on any atom is -0.389 e. The zero-order valence-electron chi connectivity index (χ0n) is 8.98. The van der Waals surface area contributed by atoms with Crippen LogP contribution in [0.3, 0.4) is 0 Å². The van der Waals surface area contributed by atoms with Gasteiger partial charge < -0.3 is 9.84 Å². The van der Waals surface area contributed by atoms with Gasteiger partial charge in [-0.3, -0.25) is 4.90 Å². The van der Waals surface area contributed by atoms with Crippen LogP contribution in [0.15, 0.2) is 0 Å². The fraction of sp³-hybridized carbons (Fsp3) is 1.00. The van der Waals surface area contributed by atoms with Crippen molar-refractivity contribution in [1.82, 2.24) is 4.90 Å². The van der Waals surface area contributed by atoms with Crippen LogP contribution in [0.4, 0.5) is 0 Å².